The highest BCUT2D eigenvalue weighted by Crippen LogP contribution is 2.32. The molecule has 0 aliphatic carbocycles. The molecule has 0 saturated carbocycles. The van der Waals surface area contributed by atoms with Gasteiger partial charge in [-0.05, 0) is 19.1 Å². The maximum Gasteiger partial charge on any atom is 0.322 e. The van der Waals surface area contributed by atoms with Crippen LogP contribution in [0.15, 0.2) is 24.3 Å². The van der Waals surface area contributed by atoms with Crippen molar-refractivity contribution in [1.29, 1.82) is 0 Å². The molecule has 1 aliphatic heterocycles. The van der Waals surface area contributed by atoms with Crippen molar-refractivity contribution in [2.24, 2.45) is 0 Å². The zero-order chi connectivity index (χ0) is 13.8. The lowest BCUT2D eigenvalue weighted by Gasteiger charge is -2.34. The predicted molar refractivity (Wildman–Crippen MR) is 69.4 cm³/mol. The first kappa shape index (κ1) is 13.2. The number of carboxylic acid groups (broad SMARTS) is 1. The molecule has 1 aliphatic rings. The quantitative estimate of drug-likeness (QED) is 0.826. The molecule has 1 aromatic rings. The normalized spacial score (nSPS) is 17.3. The molecule has 1 heterocycles. The Labute approximate surface area is 111 Å². The fourth-order valence-corrected chi connectivity index (χ4v) is 2.03. The molecule has 102 valence electrons. The Bertz CT molecular complexity index is 489. The lowest BCUT2D eigenvalue weighted by Crippen LogP contribution is -2.45. The van der Waals surface area contributed by atoms with E-state index in [0.717, 1.165) is 11.4 Å². The average Bonchev–Trinajstić information content (AvgIpc) is 2.36. The van der Waals surface area contributed by atoms with E-state index in [9.17, 15) is 9.59 Å². The van der Waals surface area contributed by atoms with Crippen molar-refractivity contribution in [1.82, 2.24) is 5.32 Å². The molecular formula is C13H16N2O4. The summed E-state index contributed by atoms with van der Waals surface area (Å²) in [7, 11) is 0. The van der Waals surface area contributed by atoms with Crippen molar-refractivity contribution in [3.63, 3.8) is 0 Å². The first-order chi connectivity index (χ1) is 9.06. The molecule has 0 fully saturated rings. The van der Waals surface area contributed by atoms with E-state index in [1.165, 1.54) is 0 Å². The number of nitrogens with zero attached hydrogens (tertiary/aromatic N) is 1. The number of benzene rings is 1. The number of fused-ring (bicyclic) bond motifs is 1. The largest absolute Gasteiger partial charge is 0.487 e. The molecule has 0 radical (unpaired) electrons. The summed E-state index contributed by atoms with van der Waals surface area (Å²) in [5.41, 5.74) is 0.853. The average molecular weight is 264 g/mol. The molecule has 1 unspecified atom stereocenters. The minimum absolute atomic E-state index is 0.0119. The Balaban J connectivity index is 2.04. The van der Waals surface area contributed by atoms with Crippen LogP contribution < -0.4 is 15.0 Å². The van der Waals surface area contributed by atoms with Gasteiger partial charge in [0.25, 0.3) is 0 Å². The molecule has 1 aromatic carbocycles. The van der Waals surface area contributed by atoms with Gasteiger partial charge in [0.1, 0.15) is 18.4 Å². The number of anilines is 1. The zero-order valence-electron chi connectivity index (χ0n) is 10.6. The second kappa shape index (κ2) is 5.60. The molecule has 2 rings (SSSR count). The van der Waals surface area contributed by atoms with Crippen LogP contribution in [-0.2, 0) is 9.59 Å². The van der Waals surface area contributed by atoms with E-state index in [-0.39, 0.29) is 25.1 Å². The Morgan fingerprint density at radius 2 is 2.21 bits per heavy atom. The highest BCUT2D eigenvalue weighted by Gasteiger charge is 2.24. The van der Waals surface area contributed by atoms with Gasteiger partial charge in [0.05, 0.1) is 18.8 Å². The summed E-state index contributed by atoms with van der Waals surface area (Å²) >= 11 is 0. The van der Waals surface area contributed by atoms with Crippen molar-refractivity contribution < 1.29 is 19.4 Å². The number of aliphatic carboxylic acids is 1. The standard InChI is InChI=1S/C13H16N2O4/c1-9-7-15(8-12(16)14-6-13(17)18)10-4-2-3-5-11(10)19-9/h2-5,9H,6-8H2,1H3,(H,14,16)(H,17,18). The molecule has 6 heteroatoms. The van der Waals surface area contributed by atoms with Crippen LogP contribution in [0.3, 0.4) is 0 Å². The molecule has 1 amide bonds. The van der Waals surface area contributed by atoms with E-state index in [4.69, 9.17) is 9.84 Å². The van der Waals surface area contributed by atoms with Gasteiger partial charge < -0.3 is 20.1 Å². The van der Waals surface area contributed by atoms with Gasteiger partial charge in [0.15, 0.2) is 0 Å². The molecule has 6 nitrogen and oxygen atoms in total. The lowest BCUT2D eigenvalue weighted by atomic mass is 10.2. The van der Waals surface area contributed by atoms with Gasteiger partial charge in [-0.15, -0.1) is 0 Å². The summed E-state index contributed by atoms with van der Waals surface area (Å²) in [6.07, 6.45) is -0.0119. The topological polar surface area (TPSA) is 78.9 Å². The number of nitrogens with one attached hydrogen (secondary N) is 1. The third-order valence-corrected chi connectivity index (χ3v) is 2.78. The van der Waals surface area contributed by atoms with Gasteiger partial charge in [-0.2, -0.15) is 0 Å². The van der Waals surface area contributed by atoms with Crippen LogP contribution in [0.4, 0.5) is 5.69 Å². The number of rotatable bonds is 4. The monoisotopic (exact) mass is 264 g/mol. The molecule has 2 N–H and O–H groups in total. The van der Waals surface area contributed by atoms with Crippen LogP contribution in [-0.4, -0.2) is 42.7 Å². The Hall–Kier alpha value is -2.24. The van der Waals surface area contributed by atoms with Gasteiger partial charge in [-0.3, -0.25) is 9.59 Å². The van der Waals surface area contributed by atoms with Crippen molar-refractivity contribution >= 4 is 17.6 Å². The summed E-state index contributed by atoms with van der Waals surface area (Å²) < 4.78 is 5.67. The van der Waals surface area contributed by atoms with E-state index < -0.39 is 5.97 Å². The van der Waals surface area contributed by atoms with Crippen molar-refractivity contribution in [2.75, 3.05) is 24.5 Å². The molecule has 0 bridgehead atoms. The summed E-state index contributed by atoms with van der Waals surface area (Å²) in [5.74, 6) is -0.623. The summed E-state index contributed by atoms with van der Waals surface area (Å²) in [4.78, 5) is 24.0. The summed E-state index contributed by atoms with van der Waals surface area (Å²) in [5, 5.41) is 10.9. The van der Waals surface area contributed by atoms with Crippen molar-refractivity contribution in [3.05, 3.63) is 24.3 Å². The number of ether oxygens (including phenoxy) is 1. The van der Waals surface area contributed by atoms with Gasteiger partial charge >= 0.3 is 5.97 Å². The van der Waals surface area contributed by atoms with Gasteiger partial charge in [0, 0.05) is 0 Å². The van der Waals surface area contributed by atoms with Crippen LogP contribution in [0.5, 0.6) is 5.75 Å². The van der Waals surface area contributed by atoms with Crippen LogP contribution in [0, 0.1) is 0 Å². The summed E-state index contributed by atoms with van der Waals surface area (Å²) in [6, 6.07) is 7.48. The van der Waals surface area contributed by atoms with Gasteiger partial charge in [-0.1, -0.05) is 12.1 Å². The zero-order valence-corrected chi connectivity index (χ0v) is 10.6. The van der Waals surface area contributed by atoms with Crippen molar-refractivity contribution in [3.8, 4) is 5.75 Å². The molecular weight excluding hydrogens is 248 g/mol. The molecule has 0 spiro atoms. The second-order valence-corrected chi connectivity index (χ2v) is 4.45. The van der Waals surface area contributed by atoms with Crippen LogP contribution in [0.1, 0.15) is 6.92 Å². The number of para-hydroxylation sites is 2. The number of hydrogen-bond acceptors (Lipinski definition) is 4. The Morgan fingerprint density at radius 1 is 1.47 bits per heavy atom. The number of carboxylic acids is 1. The number of amides is 1. The smallest absolute Gasteiger partial charge is 0.322 e. The van der Waals surface area contributed by atoms with Crippen LogP contribution in [0.25, 0.3) is 0 Å². The molecule has 0 aromatic heterocycles. The highest BCUT2D eigenvalue weighted by atomic mass is 16.5. The second-order valence-electron chi connectivity index (χ2n) is 4.45. The lowest BCUT2D eigenvalue weighted by molar-refractivity contribution is -0.137. The van der Waals surface area contributed by atoms with E-state index in [1.54, 1.807) is 0 Å². The number of carbonyl (C=O) groups excluding carboxylic acids is 1. The number of hydrogen-bond donors (Lipinski definition) is 2. The van der Waals surface area contributed by atoms with Gasteiger partial charge in [0.2, 0.25) is 5.91 Å². The third-order valence-electron chi connectivity index (χ3n) is 2.78. The van der Waals surface area contributed by atoms with E-state index in [0.29, 0.717) is 6.54 Å². The van der Waals surface area contributed by atoms with E-state index in [1.807, 2.05) is 36.1 Å². The fourth-order valence-electron chi connectivity index (χ4n) is 2.03. The first-order valence-electron chi connectivity index (χ1n) is 6.05. The van der Waals surface area contributed by atoms with Crippen LogP contribution >= 0.6 is 0 Å². The molecule has 1 atom stereocenters. The fraction of sp³-hybridized carbons (Fsp3) is 0.385. The van der Waals surface area contributed by atoms with Gasteiger partial charge in [-0.25, -0.2) is 0 Å². The Kier molecular flexibility index (Phi) is 3.89. The maximum absolute atomic E-state index is 11.7. The molecule has 19 heavy (non-hydrogen) atoms. The minimum atomic E-state index is -1.05. The predicted octanol–water partition coefficient (Wildman–Crippen LogP) is 0.475. The molecule has 0 saturated heterocycles. The number of carbonyl (C=O) groups is 2. The third kappa shape index (κ3) is 3.37. The minimum Gasteiger partial charge on any atom is -0.487 e. The highest BCUT2D eigenvalue weighted by molar-refractivity contribution is 5.85. The van der Waals surface area contributed by atoms with Crippen molar-refractivity contribution in [2.45, 2.75) is 13.0 Å². The SMILES string of the molecule is CC1CN(CC(=O)NCC(=O)O)c2ccccc2O1. The van der Waals surface area contributed by atoms with E-state index >= 15 is 0 Å². The van der Waals surface area contributed by atoms with Crippen LogP contribution in [0.2, 0.25) is 0 Å². The Morgan fingerprint density at radius 3 is 2.95 bits per heavy atom. The van der Waals surface area contributed by atoms with E-state index in [2.05, 4.69) is 5.32 Å². The summed E-state index contributed by atoms with van der Waals surface area (Å²) in [6.45, 7) is 2.29. The first-order valence-corrected chi connectivity index (χ1v) is 6.05. The maximum atomic E-state index is 11.7.